The number of hydrogen-bond acceptors (Lipinski definition) is 6. The molecule has 1 amide bonds. The molecule has 1 saturated carbocycles. The number of nitrogens with zero attached hydrogens (tertiary/aromatic N) is 4. The van der Waals surface area contributed by atoms with Gasteiger partial charge >= 0.3 is 6.18 Å². The second-order valence-electron chi connectivity index (χ2n) is 8.80. The number of anilines is 1. The third-order valence-electron chi connectivity index (χ3n) is 6.25. The lowest BCUT2D eigenvalue weighted by Crippen LogP contribution is -2.29. The molecule has 0 radical (unpaired) electrons. The highest BCUT2D eigenvalue weighted by molar-refractivity contribution is 6.10. The number of likely N-dealkylation sites (tertiary alicyclic amines) is 1. The quantitative estimate of drug-likeness (QED) is 0.635. The Balaban J connectivity index is 1.43. The van der Waals surface area contributed by atoms with Gasteiger partial charge in [0.15, 0.2) is 0 Å². The summed E-state index contributed by atoms with van der Waals surface area (Å²) in [6, 6.07) is 3.90. The Morgan fingerprint density at radius 3 is 2.78 bits per heavy atom. The van der Waals surface area contributed by atoms with Gasteiger partial charge in [-0.25, -0.2) is 15.0 Å². The first kappa shape index (κ1) is 20.7. The third kappa shape index (κ3) is 3.67. The summed E-state index contributed by atoms with van der Waals surface area (Å²) in [5, 5.41) is 3.94. The minimum absolute atomic E-state index is 0.0549. The van der Waals surface area contributed by atoms with Crippen LogP contribution in [-0.2, 0) is 6.18 Å². The molecule has 0 spiro atoms. The zero-order valence-corrected chi connectivity index (χ0v) is 17.7. The zero-order valence-electron chi connectivity index (χ0n) is 17.7. The Morgan fingerprint density at radius 2 is 2.06 bits per heavy atom. The van der Waals surface area contributed by atoms with Crippen LogP contribution in [0.25, 0.3) is 11.1 Å². The summed E-state index contributed by atoms with van der Waals surface area (Å²) >= 11 is 0. The van der Waals surface area contributed by atoms with Gasteiger partial charge in [-0.05, 0) is 45.2 Å². The average Bonchev–Trinajstić information content (AvgIpc) is 3.15. The number of fused-ring (bicyclic) bond motifs is 1. The lowest BCUT2D eigenvalue weighted by atomic mass is 10.0. The minimum Gasteiger partial charge on any atom is -0.442 e. The van der Waals surface area contributed by atoms with E-state index in [-0.39, 0.29) is 23.9 Å². The maximum Gasteiger partial charge on any atom is 0.433 e. The number of alkyl halides is 3. The lowest BCUT2D eigenvalue weighted by molar-refractivity contribution is -0.141. The van der Waals surface area contributed by atoms with E-state index in [4.69, 9.17) is 4.42 Å². The van der Waals surface area contributed by atoms with E-state index in [0.717, 1.165) is 18.9 Å². The molecule has 5 rings (SSSR count). The number of aromatic nitrogens is 3. The number of aryl methyl sites for hydroxylation is 1. The molecule has 1 N–H and O–H groups in total. The Kier molecular flexibility index (Phi) is 4.65. The molecule has 3 aromatic rings. The van der Waals surface area contributed by atoms with Gasteiger partial charge in [0.05, 0.1) is 10.9 Å². The monoisotopic (exact) mass is 445 g/mol. The molecular weight excluding hydrogens is 423 g/mol. The van der Waals surface area contributed by atoms with Crippen molar-refractivity contribution in [2.75, 3.05) is 18.4 Å². The van der Waals surface area contributed by atoms with Gasteiger partial charge in [0.1, 0.15) is 23.6 Å². The smallest absolute Gasteiger partial charge is 0.433 e. The highest BCUT2D eigenvalue weighted by atomic mass is 19.4. The van der Waals surface area contributed by atoms with E-state index in [9.17, 15) is 18.0 Å². The van der Waals surface area contributed by atoms with Gasteiger partial charge in [-0.3, -0.25) is 4.79 Å². The molecule has 7 nitrogen and oxygen atoms in total. The number of rotatable bonds is 4. The summed E-state index contributed by atoms with van der Waals surface area (Å²) in [4.78, 5) is 27.4. The van der Waals surface area contributed by atoms with Crippen LogP contribution in [0.2, 0.25) is 0 Å². The van der Waals surface area contributed by atoms with Crippen molar-refractivity contribution >= 4 is 22.8 Å². The van der Waals surface area contributed by atoms with Gasteiger partial charge < -0.3 is 14.6 Å². The number of carbonyl (C=O) groups excluding carboxylic acids is 1. The summed E-state index contributed by atoms with van der Waals surface area (Å²) in [5.74, 6) is 0.495. The van der Waals surface area contributed by atoms with Gasteiger partial charge in [0.25, 0.3) is 5.91 Å². The van der Waals surface area contributed by atoms with Crippen LogP contribution in [0.3, 0.4) is 0 Å². The highest BCUT2D eigenvalue weighted by Gasteiger charge is 2.39. The van der Waals surface area contributed by atoms with Crippen molar-refractivity contribution in [2.24, 2.45) is 0 Å². The fraction of sp³-hybridized carbons (Fsp3) is 0.455. The summed E-state index contributed by atoms with van der Waals surface area (Å²) in [7, 11) is 0. The van der Waals surface area contributed by atoms with Crippen molar-refractivity contribution in [3.63, 3.8) is 0 Å². The summed E-state index contributed by atoms with van der Waals surface area (Å²) in [6.07, 6.45) is -0.543. The standard InChI is InChI=1S/C22H22F3N5O2/c1-12-16(17-18(29-21(2)7-8-21)26-11-27-19(17)32-12)20(31)30-9-6-13(10-30)14-4-3-5-15(28-14)22(23,24)25/h3-5,11,13H,6-10H2,1-2H3,(H,26,27,29). The largest absolute Gasteiger partial charge is 0.442 e. The van der Waals surface area contributed by atoms with E-state index in [1.54, 1.807) is 17.9 Å². The zero-order chi connectivity index (χ0) is 22.7. The van der Waals surface area contributed by atoms with Crippen LogP contribution in [0, 0.1) is 6.92 Å². The molecule has 1 atom stereocenters. The van der Waals surface area contributed by atoms with Crippen LogP contribution in [0.15, 0.2) is 28.9 Å². The molecule has 1 aliphatic carbocycles. The minimum atomic E-state index is -4.50. The molecule has 3 aromatic heterocycles. The Bertz CT molecular complexity index is 1200. The van der Waals surface area contributed by atoms with E-state index in [0.29, 0.717) is 46.9 Å². The molecular formula is C22H22F3N5O2. The average molecular weight is 445 g/mol. The first-order valence-electron chi connectivity index (χ1n) is 10.5. The number of nitrogens with one attached hydrogen (secondary N) is 1. The first-order chi connectivity index (χ1) is 15.1. The van der Waals surface area contributed by atoms with Gasteiger partial charge in [-0.15, -0.1) is 0 Å². The lowest BCUT2D eigenvalue weighted by Gasteiger charge is -2.18. The second-order valence-corrected chi connectivity index (χ2v) is 8.80. The molecule has 0 aromatic carbocycles. The van der Waals surface area contributed by atoms with Crippen LogP contribution in [0.5, 0.6) is 0 Å². The fourth-order valence-electron chi connectivity index (χ4n) is 4.18. The molecule has 10 heteroatoms. The molecule has 2 fully saturated rings. The second kappa shape index (κ2) is 7.18. The maximum absolute atomic E-state index is 13.5. The molecule has 32 heavy (non-hydrogen) atoms. The maximum atomic E-state index is 13.5. The molecule has 1 unspecified atom stereocenters. The number of carbonyl (C=O) groups is 1. The van der Waals surface area contributed by atoms with Crippen LogP contribution in [-0.4, -0.2) is 44.4 Å². The van der Waals surface area contributed by atoms with Gasteiger partial charge in [0.2, 0.25) is 5.71 Å². The highest BCUT2D eigenvalue weighted by Crippen LogP contribution is 2.41. The van der Waals surface area contributed by atoms with Crippen LogP contribution in [0.4, 0.5) is 19.0 Å². The SMILES string of the molecule is Cc1oc2ncnc(NC3(C)CC3)c2c1C(=O)N1CCC(c2cccc(C(F)(F)F)n2)C1. The topological polar surface area (TPSA) is 84.2 Å². The van der Waals surface area contributed by atoms with Gasteiger partial charge in [0, 0.05) is 30.2 Å². The normalized spacial score (nSPS) is 20.0. The third-order valence-corrected chi connectivity index (χ3v) is 6.25. The molecule has 1 aliphatic heterocycles. The number of furan rings is 1. The summed E-state index contributed by atoms with van der Waals surface area (Å²) < 4.78 is 44.9. The van der Waals surface area contributed by atoms with Crippen molar-refractivity contribution in [1.82, 2.24) is 19.9 Å². The summed E-state index contributed by atoms with van der Waals surface area (Å²) in [5.41, 5.74) is 0.0998. The Hall–Kier alpha value is -3.17. The van der Waals surface area contributed by atoms with Crippen LogP contribution < -0.4 is 5.32 Å². The number of amides is 1. The Labute approximate surface area is 182 Å². The fourth-order valence-corrected chi connectivity index (χ4v) is 4.18. The van der Waals surface area contributed by atoms with E-state index in [1.807, 2.05) is 0 Å². The molecule has 1 saturated heterocycles. The van der Waals surface area contributed by atoms with Crippen molar-refractivity contribution in [3.8, 4) is 0 Å². The van der Waals surface area contributed by atoms with E-state index in [2.05, 4.69) is 27.2 Å². The predicted octanol–water partition coefficient (Wildman–Crippen LogP) is 4.54. The number of pyridine rings is 1. The van der Waals surface area contributed by atoms with E-state index >= 15 is 0 Å². The van der Waals surface area contributed by atoms with Crippen LogP contribution >= 0.6 is 0 Å². The van der Waals surface area contributed by atoms with E-state index < -0.39 is 11.9 Å². The van der Waals surface area contributed by atoms with Crippen LogP contribution in [0.1, 0.15) is 59.6 Å². The molecule has 2 aliphatic rings. The molecule has 168 valence electrons. The van der Waals surface area contributed by atoms with Gasteiger partial charge in [-0.2, -0.15) is 13.2 Å². The summed E-state index contributed by atoms with van der Waals surface area (Å²) in [6.45, 7) is 4.50. The van der Waals surface area contributed by atoms with Crippen molar-refractivity contribution < 1.29 is 22.4 Å². The van der Waals surface area contributed by atoms with Gasteiger partial charge in [-0.1, -0.05) is 6.07 Å². The Morgan fingerprint density at radius 1 is 1.28 bits per heavy atom. The predicted molar refractivity (Wildman–Crippen MR) is 110 cm³/mol. The molecule has 4 heterocycles. The van der Waals surface area contributed by atoms with Crippen molar-refractivity contribution in [1.29, 1.82) is 0 Å². The number of hydrogen-bond donors (Lipinski definition) is 1. The van der Waals surface area contributed by atoms with E-state index in [1.165, 1.54) is 12.4 Å². The van der Waals surface area contributed by atoms with Crippen molar-refractivity contribution in [2.45, 2.75) is 50.7 Å². The number of halogens is 3. The van der Waals surface area contributed by atoms with Crippen molar-refractivity contribution in [3.05, 3.63) is 47.2 Å². The molecule has 0 bridgehead atoms. The first-order valence-corrected chi connectivity index (χ1v) is 10.5.